The van der Waals surface area contributed by atoms with Gasteiger partial charge in [-0.25, -0.2) is 0 Å². The van der Waals surface area contributed by atoms with Crippen LogP contribution in [0.4, 0.5) is 0 Å². The molecule has 0 aliphatic carbocycles. The number of hydrogen-bond donors (Lipinski definition) is 1. The van der Waals surface area contributed by atoms with Crippen molar-refractivity contribution in [2.45, 2.75) is 53.4 Å². The Morgan fingerprint density at radius 2 is 1.67 bits per heavy atom. The predicted octanol–water partition coefficient (Wildman–Crippen LogP) is 4.18. The fraction of sp³-hybridized carbons (Fsp3) is 1.00. The molecule has 0 saturated carbocycles. The Morgan fingerprint density at radius 1 is 1.13 bits per heavy atom. The summed E-state index contributed by atoms with van der Waals surface area (Å²) in [7, 11) is 0. The van der Waals surface area contributed by atoms with Crippen LogP contribution in [0, 0.1) is 11.3 Å². The normalized spacial score (nSPS) is 12.4. The van der Waals surface area contributed by atoms with Crippen molar-refractivity contribution in [3.05, 3.63) is 0 Å². The molecule has 1 nitrogen and oxygen atoms in total. The van der Waals surface area contributed by atoms with E-state index in [2.05, 4.69) is 40.3 Å². The first-order valence-corrected chi connectivity index (χ1v) is 6.92. The molecule has 2 heteroatoms. The summed E-state index contributed by atoms with van der Waals surface area (Å²) in [6.07, 6.45) is 4.93. The van der Waals surface area contributed by atoms with Crippen molar-refractivity contribution in [1.82, 2.24) is 0 Å². The van der Waals surface area contributed by atoms with Gasteiger partial charge < -0.3 is 4.74 Å². The van der Waals surface area contributed by atoms with Crippen molar-refractivity contribution in [2.24, 2.45) is 11.3 Å². The number of hydrogen-bond acceptors (Lipinski definition) is 2. The molecule has 0 bridgehead atoms. The predicted molar refractivity (Wildman–Crippen MR) is 71.8 cm³/mol. The molecule has 0 aliphatic rings. The highest BCUT2D eigenvalue weighted by molar-refractivity contribution is 7.80. The maximum atomic E-state index is 5.81. The summed E-state index contributed by atoms with van der Waals surface area (Å²) in [4.78, 5) is 0. The minimum atomic E-state index is 0.321. The molecule has 0 aliphatic heterocycles. The second kappa shape index (κ2) is 8.46. The van der Waals surface area contributed by atoms with E-state index in [0.717, 1.165) is 19.0 Å². The fourth-order valence-corrected chi connectivity index (χ4v) is 2.45. The SMILES string of the molecule is CCCC(CS)(CCC)COCC(C)C. The van der Waals surface area contributed by atoms with E-state index in [-0.39, 0.29) is 0 Å². The second-order valence-electron chi connectivity index (χ2n) is 5.07. The summed E-state index contributed by atoms with van der Waals surface area (Å²) in [6, 6.07) is 0. The molecule has 0 saturated heterocycles. The van der Waals surface area contributed by atoms with E-state index in [1.165, 1.54) is 25.7 Å². The van der Waals surface area contributed by atoms with Gasteiger partial charge in [-0.05, 0) is 24.5 Å². The molecule has 0 radical (unpaired) electrons. The van der Waals surface area contributed by atoms with E-state index >= 15 is 0 Å². The van der Waals surface area contributed by atoms with Gasteiger partial charge in [-0.3, -0.25) is 0 Å². The van der Waals surface area contributed by atoms with Gasteiger partial charge in [-0.1, -0.05) is 40.5 Å². The van der Waals surface area contributed by atoms with Gasteiger partial charge in [-0.2, -0.15) is 12.6 Å². The van der Waals surface area contributed by atoms with Gasteiger partial charge in [0.05, 0.1) is 6.61 Å². The molecule has 0 heterocycles. The van der Waals surface area contributed by atoms with Crippen molar-refractivity contribution in [1.29, 1.82) is 0 Å². The summed E-state index contributed by atoms with van der Waals surface area (Å²) in [5.41, 5.74) is 0.321. The molecule has 0 aromatic heterocycles. The monoisotopic (exact) mass is 232 g/mol. The van der Waals surface area contributed by atoms with Gasteiger partial charge in [0.2, 0.25) is 0 Å². The summed E-state index contributed by atoms with van der Waals surface area (Å²) in [5.74, 6) is 1.58. The molecule has 92 valence electrons. The lowest BCUT2D eigenvalue weighted by Crippen LogP contribution is -2.29. The molecular weight excluding hydrogens is 204 g/mol. The van der Waals surface area contributed by atoms with Crippen LogP contribution in [-0.4, -0.2) is 19.0 Å². The Labute approximate surface area is 101 Å². The van der Waals surface area contributed by atoms with E-state index in [1.807, 2.05) is 0 Å². The largest absolute Gasteiger partial charge is 0.381 e. The maximum absolute atomic E-state index is 5.81. The lowest BCUT2D eigenvalue weighted by atomic mass is 9.82. The van der Waals surface area contributed by atoms with E-state index < -0.39 is 0 Å². The van der Waals surface area contributed by atoms with Gasteiger partial charge >= 0.3 is 0 Å². The summed E-state index contributed by atoms with van der Waals surface area (Å²) in [6.45, 7) is 10.6. The first-order chi connectivity index (χ1) is 7.10. The number of thiol groups is 1. The van der Waals surface area contributed by atoms with Gasteiger partial charge in [0.1, 0.15) is 0 Å². The van der Waals surface area contributed by atoms with Crippen LogP contribution in [0.2, 0.25) is 0 Å². The summed E-state index contributed by atoms with van der Waals surface area (Å²) in [5, 5.41) is 0. The van der Waals surface area contributed by atoms with Crippen molar-refractivity contribution in [3.8, 4) is 0 Å². The topological polar surface area (TPSA) is 9.23 Å². The first kappa shape index (κ1) is 15.3. The third kappa shape index (κ3) is 6.47. The highest BCUT2D eigenvalue weighted by atomic mass is 32.1. The van der Waals surface area contributed by atoms with Gasteiger partial charge in [0, 0.05) is 12.0 Å². The third-order valence-electron chi connectivity index (χ3n) is 2.76. The Morgan fingerprint density at radius 3 is 2.00 bits per heavy atom. The lowest BCUT2D eigenvalue weighted by Gasteiger charge is -2.32. The lowest BCUT2D eigenvalue weighted by molar-refractivity contribution is 0.0315. The third-order valence-corrected chi connectivity index (χ3v) is 3.43. The van der Waals surface area contributed by atoms with Crippen LogP contribution in [0.15, 0.2) is 0 Å². The Balaban J connectivity index is 4.08. The van der Waals surface area contributed by atoms with E-state index in [0.29, 0.717) is 11.3 Å². The van der Waals surface area contributed by atoms with E-state index in [1.54, 1.807) is 0 Å². The Hall–Kier alpha value is 0.310. The second-order valence-corrected chi connectivity index (χ2v) is 5.38. The van der Waals surface area contributed by atoms with Crippen molar-refractivity contribution < 1.29 is 4.74 Å². The van der Waals surface area contributed by atoms with Gasteiger partial charge in [-0.15, -0.1) is 0 Å². The minimum absolute atomic E-state index is 0.321. The molecule has 0 N–H and O–H groups in total. The summed E-state index contributed by atoms with van der Waals surface area (Å²) < 4.78 is 5.81. The van der Waals surface area contributed by atoms with Crippen LogP contribution in [-0.2, 0) is 4.74 Å². The number of ether oxygens (including phenoxy) is 1. The van der Waals surface area contributed by atoms with Crippen LogP contribution in [0.25, 0.3) is 0 Å². The van der Waals surface area contributed by atoms with Crippen molar-refractivity contribution in [2.75, 3.05) is 19.0 Å². The van der Waals surface area contributed by atoms with Gasteiger partial charge in [0.25, 0.3) is 0 Å². The van der Waals surface area contributed by atoms with Crippen LogP contribution < -0.4 is 0 Å². The van der Waals surface area contributed by atoms with E-state index in [9.17, 15) is 0 Å². The molecule has 0 amide bonds. The highest BCUT2D eigenvalue weighted by Crippen LogP contribution is 2.31. The van der Waals surface area contributed by atoms with Crippen LogP contribution in [0.1, 0.15) is 53.4 Å². The standard InChI is InChI=1S/C13H28OS/c1-5-7-13(11-15,8-6-2)10-14-9-12(3)4/h12,15H,5-11H2,1-4H3. The van der Waals surface area contributed by atoms with Crippen molar-refractivity contribution >= 4 is 12.6 Å². The average molecular weight is 232 g/mol. The Kier molecular flexibility index (Phi) is 8.64. The quantitative estimate of drug-likeness (QED) is 0.587. The Bertz CT molecular complexity index is 139. The molecule has 0 atom stereocenters. The molecule has 15 heavy (non-hydrogen) atoms. The van der Waals surface area contributed by atoms with Crippen LogP contribution >= 0.6 is 12.6 Å². The van der Waals surface area contributed by atoms with Crippen LogP contribution in [0.5, 0.6) is 0 Å². The molecule has 0 spiro atoms. The molecule has 0 fully saturated rings. The fourth-order valence-electron chi connectivity index (χ4n) is 2.04. The van der Waals surface area contributed by atoms with Crippen LogP contribution in [0.3, 0.4) is 0 Å². The highest BCUT2D eigenvalue weighted by Gasteiger charge is 2.27. The average Bonchev–Trinajstić information content (AvgIpc) is 2.17. The number of rotatable bonds is 9. The first-order valence-electron chi connectivity index (χ1n) is 6.28. The minimum Gasteiger partial charge on any atom is -0.381 e. The zero-order valence-electron chi connectivity index (χ0n) is 10.9. The smallest absolute Gasteiger partial charge is 0.0530 e. The van der Waals surface area contributed by atoms with Crippen molar-refractivity contribution in [3.63, 3.8) is 0 Å². The zero-order valence-corrected chi connectivity index (χ0v) is 11.8. The zero-order chi connectivity index (χ0) is 11.7. The molecule has 0 aromatic rings. The molecule has 0 rings (SSSR count). The molecular formula is C13H28OS. The molecule has 0 aromatic carbocycles. The molecule has 0 unspecified atom stereocenters. The van der Waals surface area contributed by atoms with Gasteiger partial charge in [0.15, 0.2) is 0 Å². The summed E-state index contributed by atoms with van der Waals surface area (Å²) >= 11 is 4.51. The van der Waals surface area contributed by atoms with E-state index in [4.69, 9.17) is 4.74 Å². The maximum Gasteiger partial charge on any atom is 0.0530 e.